The molecule has 0 bridgehead atoms. The molecule has 4 rings (SSSR count). The Hall–Kier alpha value is -2.69. The minimum Gasteiger partial charge on any atom is -0.497 e. The van der Waals surface area contributed by atoms with Crippen LogP contribution in [0.5, 0.6) is 5.75 Å². The predicted molar refractivity (Wildman–Crippen MR) is 109 cm³/mol. The summed E-state index contributed by atoms with van der Waals surface area (Å²) in [4.78, 5) is 15.1. The fourth-order valence-corrected chi connectivity index (χ4v) is 3.83. The maximum Gasteiger partial charge on any atom is 0.319 e. The smallest absolute Gasteiger partial charge is 0.319 e. The zero-order valence-electron chi connectivity index (χ0n) is 15.8. The first-order valence-electron chi connectivity index (χ1n) is 9.80. The molecular weight excluding hydrogens is 338 g/mol. The number of nitrogens with zero attached hydrogens (tertiary/aromatic N) is 1. The number of para-hydroxylation sites is 2. The van der Waals surface area contributed by atoms with Crippen molar-refractivity contribution in [3.05, 3.63) is 54.1 Å². The molecule has 1 aliphatic carbocycles. The minimum atomic E-state index is -0.144. The molecule has 0 radical (unpaired) electrons. The molecule has 2 aromatic carbocycles. The Balaban J connectivity index is 1.46. The minimum absolute atomic E-state index is 0.0369. The monoisotopic (exact) mass is 365 g/mol. The van der Waals surface area contributed by atoms with E-state index >= 15 is 0 Å². The number of urea groups is 1. The number of methoxy groups -OCH3 is 1. The third kappa shape index (κ3) is 4.18. The summed E-state index contributed by atoms with van der Waals surface area (Å²) in [5.74, 6) is 1.34. The molecule has 2 fully saturated rings. The maximum absolute atomic E-state index is 12.8. The molecule has 0 spiro atoms. The molecule has 2 aromatic rings. The van der Waals surface area contributed by atoms with Crippen molar-refractivity contribution in [3.63, 3.8) is 0 Å². The largest absolute Gasteiger partial charge is 0.497 e. The zero-order valence-corrected chi connectivity index (χ0v) is 15.8. The number of carbonyl (C=O) groups excluding carboxylic acids is 1. The summed E-state index contributed by atoms with van der Waals surface area (Å²) in [7, 11) is 1.66. The molecule has 2 N–H and O–H groups in total. The number of hydrogen-bond acceptors (Lipinski definition) is 3. The predicted octanol–water partition coefficient (Wildman–Crippen LogP) is 4.57. The van der Waals surface area contributed by atoms with E-state index in [1.165, 1.54) is 12.8 Å². The first-order valence-corrected chi connectivity index (χ1v) is 9.80. The number of ether oxygens (including phenoxy) is 1. The van der Waals surface area contributed by atoms with Gasteiger partial charge in [-0.25, -0.2) is 4.79 Å². The van der Waals surface area contributed by atoms with Gasteiger partial charge >= 0.3 is 6.03 Å². The van der Waals surface area contributed by atoms with Crippen LogP contribution in [0.15, 0.2) is 48.5 Å². The molecule has 2 amide bonds. The lowest BCUT2D eigenvalue weighted by molar-refractivity contribution is 0.247. The Labute approximate surface area is 160 Å². The van der Waals surface area contributed by atoms with Crippen LogP contribution >= 0.6 is 0 Å². The third-order valence-corrected chi connectivity index (χ3v) is 5.45. The van der Waals surface area contributed by atoms with E-state index in [0.29, 0.717) is 5.92 Å². The van der Waals surface area contributed by atoms with Crippen LogP contribution in [-0.2, 0) is 0 Å². The van der Waals surface area contributed by atoms with Gasteiger partial charge in [0.15, 0.2) is 0 Å². The molecule has 1 atom stereocenters. The van der Waals surface area contributed by atoms with Gasteiger partial charge in [0, 0.05) is 13.1 Å². The van der Waals surface area contributed by atoms with Gasteiger partial charge in [-0.3, -0.25) is 0 Å². The van der Waals surface area contributed by atoms with Gasteiger partial charge < -0.3 is 20.3 Å². The number of nitrogens with one attached hydrogen (secondary N) is 2. The van der Waals surface area contributed by atoms with Gasteiger partial charge in [-0.2, -0.15) is 0 Å². The summed E-state index contributed by atoms with van der Waals surface area (Å²) < 4.78 is 5.24. The average molecular weight is 365 g/mol. The van der Waals surface area contributed by atoms with Crippen molar-refractivity contribution in [1.82, 2.24) is 5.32 Å². The van der Waals surface area contributed by atoms with Crippen LogP contribution in [0.4, 0.5) is 16.2 Å². The van der Waals surface area contributed by atoms with Crippen molar-refractivity contribution >= 4 is 17.4 Å². The molecule has 27 heavy (non-hydrogen) atoms. The van der Waals surface area contributed by atoms with Gasteiger partial charge in [0.2, 0.25) is 0 Å². The van der Waals surface area contributed by atoms with E-state index < -0.39 is 0 Å². The van der Waals surface area contributed by atoms with Gasteiger partial charge in [0.25, 0.3) is 0 Å². The molecule has 1 aliphatic heterocycles. The first-order chi connectivity index (χ1) is 13.2. The van der Waals surface area contributed by atoms with Crippen LogP contribution in [0, 0.1) is 5.92 Å². The summed E-state index contributed by atoms with van der Waals surface area (Å²) in [5.41, 5.74) is 3.11. The zero-order chi connectivity index (χ0) is 18.6. The Morgan fingerprint density at radius 1 is 1.07 bits per heavy atom. The van der Waals surface area contributed by atoms with Gasteiger partial charge in [0.05, 0.1) is 24.5 Å². The molecule has 142 valence electrons. The normalized spacial score (nSPS) is 17.4. The quantitative estimate of drug-likeness (QED) is 0.788. The second-order valence-corrected chi connectivity index (χ2v) is 7.40. The molecule has 2 aliphatic rings. The number of benzene rings is 2. The lowest BCUT2D eigenvalue weighted by atomic mass is 10.0. The topological polar surface area (TPSA) is 53.6 Å². The van der Waals surface area contributed by atoms with Crippen LogP contribution in [0.2, 0.25) is 0 Å². The van der Waals surface area contributed by atoms with Crippen LogP contribution in [0.3, 0.4) is 0 Å². The molecule has 0 unspecified atom stereocenters. The summed E-state index contributed by atoms with van der Waals surface area (Å²) in [6, 6.07) is 15.9. The van der Waals surface area contributed by atoms with Gasteiger partial charge in [-0.1, -0.05) is 24.3 Å². The summed E-state index contributed by atoms with van der Waals surface area (Å²) in [5, 5.41) is 6.27. The molecule has 1 saturated carbocycles. The molecule has 5 nitrogen and oxygen atoms in total. The van der Waals surface area contributed by atoms with Crippen molar-refractivity contribution in [1.29, 1.82) is 0 Å². The Bertz CT molecular complexity index is 780. The number of hydrogen-bond donors (Lipinski definition) is 2. The molecule has 0 aromatic heterocycles. The lowest BCUT2D eigenvalue weighted by Gasteiger charge is -2.23. The first kappa shape index (κ1) is 17.7. The molecular formula is C22H27N3O2. The van der Waals surface area contributed by atoms with Gasteiger partial charge in [-0.15, -0.1) is 0 Å². The van der Waals surface area contributed by atoms with Crippen LogP contribution in [0.25, 0.3) is 0 Å². The fourth-order valence-electron chi connectivity index (χ4n) is 3.83. The number of rotatable bonds is 6. The fraction of sp³-hybridized carbons (Fsp3) is 0.409. The SMILES string of the molecule is COc1ccc([C@H](NC(=O)Nc2ccccc2N2CCCC2)C2CC2)cc1. The Morgan fingerprint density at radius 3 is 2.44 bits per heavy atom. The van der Waals surface area contributed by atoms with Crippen LogP contribution in [-0.4, -0.2) is 26.2 Å². The number of amides is 2. The van der Waals surface area contributed by atoms with E-state index in [1.54, 1.807) is 7.11 Å². The number of carbonyl (C=O) groups is 1. The van der Waals surface area contributed by atoms with Crippen molar-refractivity contribution in [2.45, 2.75) is 31.7 Å². The highest BCUT2D eigenvalue weighted by Crippen LogP contribution is 2.41. The van der Waals surface area contributed by atoms with E-state index in [-0.39, 0.29) is 12.1 Å². The second kappa shape index (κ2) is 7.91. The van der Waals surface area contributed by atoms with Gasteiger partial charge in [-0.05, 0) is 61.4 Å². The number of anilines is 2. The highest BCUT2D eigenvalue weighted by atomic mass is 16.5. The maximum atomic E-state index is 12.8. The molecule has 1 saturated heterocycles. The third-order valence-electron chi connectivity index (χ3n) is 5.45. The Morgan fingerprint density at radius 2 is 1.78 bits per heavy atom. The van der Waals surface area contributed by atoms with Crippen molar-refractivity contribution in [2.24, 2.45) is 5.92 Å². The Kier molecular flexibility index (Phi) is 5.19. The van der Waals surface area contributed by atoms with Crippen molar-refractivity contribution < 1.29 is 9.53 Å². The molecule has 1 heterocycles. The van der Waals surface area contributed by atoms with E-state index in [1.807, 2.05) is 42.5 Å². The summed E-state index contributed by atoms with van der Waals surface area (Å²) in [6.07, 6.45) is 4.73. The van der Waals surface area contributed by atoms with Crippen LogP contribution in [0.1, 0.15) is 37.3 Å². The second-order valence-electron chi connectivity index (χ2n) is 7.40. The highest BCUT2D eigenvalue weighted by Gasteiger charge is 2.33. The summed E-state index contributed by atoms with van der Waals surface area (Å²) >= 11 is 0. The van der Waals surface area contributed by atoms with Crippen LogP contribution < -0.4 is 20.3 Å². The van der Waals surface area contributed by atoms with E-state index in [2.05, 4.69) is 21.6 Å². The summed E-state index contributed by atoms with van der Waals surface area (Å²) in [6.45, 7) is 2.10. The van der Waals surface area contributed by atoms with Crippen molar-refractivity contribution in [3.8, 4) is 5.75 Å². The standard InChI is InChI=1S/C22H27N3O2/c1-27-18-12-10-17(11-13-18)21(16-8-9-16)24-22(26)23-19-6-2-3-7-20(19)25-14-4-5-15-25/h2-3,6-7,10-13,16,21H,4-5,8-9,14-15H2,1H3,(H2,23,24,26)/t21-/m1/s1. The van der Waals surface area contributed by atoms with E-state index in [9.17, 15) is 4.79 Å². The average Bonchev–Trinajstić information content (AvgIpc) is 3.40. The lowest BCUT2D eigenvalue weighted by Crippen LogP contribution is -2.34. The van der Waals surface area contributed by atoms with E-state index in [0.717, 1.165) is 48.6 Å². The van der Waals surface area contributed by atoms with Gasteiger partial charge in [0.1, 0.15) is 5.75 Å². The van der Waals surface area contributed by atoms with Crippen molar-refractivity contribution in [2.75, 3.05) is 30.4 Å². The molecule has 5 heteroatoms. The highest BCUT2D eigenvalue weighted by molar-refractivity contribution is 5.93. The van der Waals surface area contributed by atoms with E-state index in [4.69, 9.17) is 4.74 Å².